The molecule has 0 spiro atoms. The van der Waals surface area contributed by atoms with Crippen LogP contribution in [-0.2, 0) is 4.79 Å². The van der Waals surface area contributed by atoms with Crippen LogP contribution in [0.15, 0.2) is 18.2 Å². The van der Waals surface area contributed by atoms with Crippen molar-refractivity contribution < 1.29 is 4.79 Å². The maximum Gasteiger partial charge on any atom is 0.127 e. The summed E-state index contributed by atoms with van der Waals surface area (Å²) in [6.45, 7) is 2.95. The van der Waals surface area contributed by atoms with Gasteiger partial charge in [0.1, 0.15) is 6.29 Å². The molecule has 0 saturated carbocycles. The predicted octanol–water partition coefficient (Wildman–Crippen LogP) is 2.09. The second kappa shape index (κ2) is 3.21. The van der Waals surface area contributed by atoms with Gasteiger partial charge < -0.3 is 10.1 Å². The van der Waals surface area contributed by atoms with E-state index in [1.165, 1.54) is 5.56 Å². The molecular formula is C11H13NO. The Balaban J connectivity index is 2.47. The lowest BCUT2D eigenvalue weighted by molar-refractivity contribution is -0.109. The van der Waals surface area contributed by atoms with E-state index in [-0.39, 0.29) is 5.92 Å². The molecule has 1 aliphatic heterocycles. The highest BCUT2D eigenvalue weighted by Crippen LogP contribution is 2.30. The topological polar surface area (TPSA) is 29.1 Å². The summed E-state index contributed by atoms with van der Waals surface area (Å²) in [4.78, 5) is 10.8. The third-order valence-electron chi connectivity index (χ3n) is 2.54. The number of carbonyl (C=O) groups excluding carboxylic acids is 1. The molecule has 1 aromatic rings. The zero-order valence-electron chi connectivity index (χ0n) is 7.71. The number of rotatable bonds is 1. The molecule has 2 rings (SSSR count). The van der Waals surface area contributed by atoms with Gasteiger partial charge in [0.2, 0.25) is 0 Å². The minimum Gasteiger partial charge on any atom is -0.385 e. The molecule has 0 radical (unpaired) electrons. The number of aryl methyl sites for hydroxylation is 1. The highest BCUT2D eigenvalue weighted by atomic mass is 16.1. The van der Waals surface area contributed by atoms with Crippen LogP contribution in [0.5, 0.6) is 0 Å². The number of aldehydes is 1. The lowest BCUT2D eigenvalue weighted by atomic mass is 9.91. The first kappa shape index (κ1) is 8.30. The van der Waals surface area contributed by atoms with Gasteiger partial charge in [0.25, 0.3) is 0 Å². The van der Waals surface area contributed by atoms with Crippen molar-refractivity contribution in [1.82, 2.24) is 0 Å². The SMILES string of the molecule is Cc1ccc2c(c1)C(C=O)CCN2. The van der Waals surface area contributed by atoms with Gasteiger partial charge in [-0.2, -0.15) is 0 Å². The van der Waals surface area contributed by atoms with Crippen molar-refractivity contribution in [2.75, 3.05) is 11.9 Å². The molecule has 0 amide bonds. The maximum absolute atomic E-state index is 10.8. The van der Waals surface area contributed by atoms with Crippen LogP contribution in [0.2, 0.25) is 0 Å². The summed E-state index contributed by atoms with van der Waals surface area (Å²) in [5.41, 5.74) is 3.49. The van der Waals surface area contributed by atoms with Gasteiger partial charge in [0, 0.05) is 18.2 Å². The third-order valence-corrected chi connectivity index (χ3v) is 2.54. The quantitative estimate of drug-likeness (QED) is 0.662. The first-order valence-corrected chi connectivity index (χ1v) is 4.61. The summed E-state index contributed by atoms with van der Waals surface area (Å²) in [5.74, 6) is 0.0937. The fraction of sp³-hybridized carbons (Fsp3) is 0.364. The Labute approximate surface area is 78.0 Å². The molecule has 0 fully saturated rings. The van der Waals surface area contributed by atoms with E-state index in [4.69, 9.17) is 0 Å². The highest BCUT2D eigenvalue weighted by Gasteiger charge is 2.18. The van der Waals surface area contributed by atoms with Gasteiger partial charge >= 0.3 is 0 Å². The van der Waals surface area contributed by atoms with Gasteiger partial charge in [-0.25, -0.2) is 0 Å². The van der Waals surface area contributed by atoms with Crippen molar-refractivity contribution in [2.45, 2.75) is 19.3 Å². The molecule has 1 N–H and O–H groups in total. The molecule has 2 heteroatoms. The van der Waals surface area contributed by atoms with Crippen LogP contribution in [0, 0.1) is 6.92 Å². The number of hydrogen-bond acceptors (Lipinski definition) is 2. The number of anilines is 1. The van der Waals surface area contributed by atoms with Crippen LogP contribution in [-0.4, -0.2) is 12.8 Å². The number of carbonyl (C=O) groups is 1. The van der Waals surface area contributed by atoms with E-state index in [1.54, 1.807) is 0 Å². The summed E-state index contributed by atoms with van der Waals surface area (Å²) >= 11 is 0. The van der Waals surface area contributed by atoms with Gasteiger partial charge in [-0.15, -0.1) is 0 Å². The Morgan fingerprint density at radius 3 is 3.15 bits per heavy atom. The molecule has 2 nitrogen and oxygen atoms in total. The van der Waals surface area contributed by atoms with Crippen molar-refractivity contribution in [2.24, 2.45) is 0 Å². The predicted molar refractivity (Wildman–Crippen MR) is 53.1 cm³/mol. The normalized spacial score (nSPS) is 20.2. The summed E-state index contributed by atoms with van der Waals surface area (Å²) in [5, 5.41) is 3.30. The standard InChI is InChI=1S/C11H13NO/c1-8-2-3-11-10(6-8)9(7-13)4-5-12-11/h2-3,6-7,9,12H,4-5H2,1H3. The molecule has 1 heterocycles. The van der Waals surface area contributed by atoms with Gasteiger partial charge in [0.05, 0.1) is 0 Å². The Morgan fingerprint density at radius 1 is 1.54 bits per heavy atom. The summed E-state index contributed by atoms with van der Waals surface area (Å²) in [6.07, 6.45) is 1.97. The molecule has 0 aliphatic carbocycles. The van der Waals surface area contributed by atoms with E-state index in [0.29, 0.717) is 0 Å². The lowest BCUT2D eigenvalue weighted by Gasteiger charge is -2.23. The molecule has 0 saturated heterocycles. The van der Waals surface area contributed by atoms with Gasteiger partial charge in [-0.1, -0.05) is 17.7 Å². The zero-order chi connectivity index (χ0) is 9.26. The Bertz CT molecular complexity index is 333. The maximum atomic E-state index is 10.8. The fourth-order valence-corrected chi connectivity index (χ4v) is 1.81. The Morgan fingerprint density at radius 2 is 2.38 bits per heavy atom. The van der Waals surface area contributed by atoms with Crippen molar-refractivity contribution >= 4 is 12.0 Å². The van der Waals surface area contributed by atoms with Gasteiger partial charge in [-0.05, 0) is 25.0 Å². The zero-order valence-corrected chi connectivity index (χ0v) is 7.71. The molecule has 1 atom stereocenters. The lowest BCUT2D eigenvalue weighted by Crippen LogP contribution is -2.17. The van der Waals surface area contributed by atoms with Crippen molar-refractivity contribution in [3.05, 3.63) is 29.3 Å². The van der Waals surface area contributed by atoms with Crippen LogP contribution >= 0.6 is 0 Å². The van der Waals surface area contributed by atoms with E-state index in [9.17, 15) is 4.79 Å². The minimum atomic E-state index is 0.0937. The Kier molecular flexibility index (Phi) is 2.05. The minimum absolute atomic E-state index is 0.0937. The summed E-state index contributed by atoms with van der Waals surface area (Å²) < 4.78 is 0. The second-order valence-electron chi connectivity index (χ2n) is 3.55. The number of benzene rings is 1. The molecule has 1 unspecified atom stereocenters. The first-order chi connectivity index (χ1) is 6.31. The molecule has 0 aromatic heterocycles. The largest absolute Gasteiger partial charge is 0.385 e. The molecule has 0 bridgehead atoms. The fourth-order valence-electron chi connectivity index (χ4n) is 1.81. The average Bonchev–Trinajstić information content (AvgIpc) is 2.17. The molecular weight excluding hydrogens is 162 g/mol. The van der Waals surface area contributed by atoms with Crippen molar-refractivity contribution in [3.63, 3.8) is 0 Å². The third kappa shape index (κ3) is 1.44. The highest BCUT2D eigenvalue weighted by molar-refractivity contribution is 5.70. The average molecular weight is 175 g/mol. The molecule has 13 heavy (non-hydrogen) atoms. The molecule has 1 aliphatic rings. The first-order valence-electron chi connectivity index (χ1n) is 4.61. The molecule has 68 valence electrons. The Hall–Kier alpha value is -1.31. The van der Waals surface area contributed by atoms with Gasteiger partial charge in [0.15, 0.2) is 0 Å². The summed E-state index contributed by atoms with van der Waals surface area (Å²) in [7, 11) is 0. The van der Waals surface area contributed by atoms with Crippen LogP contribution in [0.3, 0.4) is 0 Å². The summed E-state index contributed by atoms with van der Waals surface area (Å²) in [6, 6.07) is 6.22. The van der Waals surface area contributed by atoms with E-state index in [0.717, 1.165) is 30.5 Å². The van der Waals surface area contributed by atoms with Gasteiger partial charge in [-0.3, -0.25) is 0 Å². The van der Waals surface area contributed by atoms with Crippen molar-refractivity contribution in [1.29, 1.82) is 0 Å². The van der Waals surface area contributed by atoms with Crippen LogP contribution in [0.4, 0.5) is 5.69 Å². The van der Waals surface area contributed by atoms with Crippen LogP contribution in [0.1, 0.15) is 23.5 Å². The van der Waals surface area contributed by atoms with E-state index < -0.39 is 0 Å². The monoisotopic (exact) mass is 175 g/mol. The number of fused-ring (bicyclic) bond motifs is 1. The molecule has 1 aromatic carbocycles. The van der Waals surface area contributed by atoms with E-state index in [2.05, 4.69) is 30.4 Å². The van der Waals surface area contributed by atoms with Crippen LogP contribution < -0.4 is 5.32 Å². The smallest absolute Gasteiger partial charge is 0.127 e. The number of nitrogens with one attached hydrogen (secondary N) is 1. The van der Waals surface area contributed by atoms with Crippen LogP contribution in [0.25, 0.3) is 0 Å². The van der Waals surface area contributed by atoms with E-state index >= 15 is 0 Å². The van der Waals surface area contributed by atoms with Crippen molar-refractivity contribution in [3.8, 4) is 0 Å². The second-order valence-corrected chi connectivity index (χ2v) is 3.55. The van der Waals surface area contributed by atoms with E-state index in [1.807, 2.05) is 0 Å². The number of hydrogen-bond donors (Lipinski definition) is 1.